The van der Waals surface area contributed by atoms with Crippen LogP contribution in [0.4, 0.5) is 0 Å². The SMILES string of the molecule is CCc1ccc(C(=O)NC(CC)CC(N)=S)cc1. The summed E-state index contributed by atoms with van der Waals surface area (Å²) in [4.78, 5) is 12.4. The van der Waals surface area contributed by atoms with Crippen molar-refractivity contribution >= 4 is 23.1 Å². The average Bonchev–Trinajstić information content (AvgIpc) is 2.37. The van der Waals surface area contributed by atoms with Gasteiger partial charge in [0.05, 0.1) is 4.99 Å². The predicted molar refractivity (Wildman–Crippen MR) is 78.8 cm³/mol. The Balaban J connectivity index is 2.65. The first-order chi connectivity index (χ1) is 8.56. The highest BCUT2D eigenvalue weighted by Gasteiger charge is 2.12. The molecule has 3 N–H and O–H groups in total. The average molecular weight is 264 g/mol. The summed E-state index contributed by atoms with van der Waals surface area (Å²) in [5.74, 6) is -0.0687. The minimum Gasteiger partial charge on any atom is -0.393 e. The van der Waals surface area contributed by atoms with Crippen molar-refractivity contribution in [3.8, 4) is 0 Å². The molecule has 4 heteroatoms. The van der Waals surface area contributed by atoms with Crippen LogP contribution in [0.3, 0.4) is 0 Å². The van der Waals surface area contributed by atoms with Gasteiger partial charge in [0, 0.05) is 18.0 Å². The molecule has 0 aromatic heterocycles. The molecule has 18 heavy (non-hydrogen) atoms. The van der Waals surface area contributed by atoms with Gasteiger partial charge in [0.2, 0.25) is 0 Å². The molecule has 1 aromatic carbocycles. The van der Waals surface area contributed by atoms with E-state index in [1.54, 1.807) is 0 Å². The van der Waals surface area contributed by atoms with Gasteiger partial charge in [-0.2, -0.15) is 0 Å². The van der Waals surface area contributed by atoms with E-state index < -0.39 is 0 Å². The zero-order valence-corrected chi connectivity index (χ0v) is 11.7. The van der Waals surface area contributed by atoms with E-state index in [-0.39, 0.29) is 11.9 Å². The summed E-state index contributed by atoms with van der Waals surface area (Å²) in [5, 5.41) is 2.95. The monoisotopic (exact) mass is 264 g/mol. The number of nitrogens with two attached hydrogens (primary N) is 1. The fourth-order valence-corrected chi connectivity index (χ4v) is 1.90. The molecule has 1 unspecified atom stereocenters. The molecule has 0 saturated heterocycles. The first-order valence-corrected chi connectivity index (χ1v) is 6.65. The van der Waals surface area contributed by atoms with Gasteiger partial charge in [0.1, 0.15) is 0 Å². The van der Waals surface area contributed by atoms with Gasteiger partial charge < -0.3 is 11.1 Å². The van der Waals surface area contributed by atoms with E-state index >= 15 is 0 Å². The summed E-state index contributed by atoms with van der Waals surface area (Å²) in [6.07, 6.45) is 2.33. The Kier molecular flexibility index (Phi) is 5.78. The third-order valence-electron chi connectivity index (χ3n) is 2.90. The van der Waals surface area contributed by atoms with Crippen LogP contribution in [0.5, 0.6) is 0 Å². The van der Waals surface area contributed by atoms with Gasteiger partial charge in [0.15, 0.2) is 0 Å². The minimum atomic E-state index is -0.0687. The Morgan fingerprint density at radius 3 is 2.39 bits per heavy atom. The minimum absolute atomic E-state index is 0.0147. The highest BCUT2D eigenvalue weighted by molar-refractivity contribution is 7.80. The number of nitrogens with one attached hydrogen (secondary N) is 1. The second kappa shape index (κ2) is 7.11. The largest absolute Gasteiger partial charge is 0.393 e. The van der Waals surface area contributed by atoms with Gasteiger partial charge >= 0.3 is 0 Å². The molecule has 98 valence electrons. The van der Waals surface area contributed by atoms with Gasteiger partial charge in [-0.1, -0.05) is 38.2 Å². The topological polar surface area (TPSA) is 55.1 Å². The zero-order valence-electron chi connectivity index (χ0n) is 10.9. The van der Waals surface area contributed by atoms with Crippen molar-refractivity contribution in [3.05, 3.63) is 35.4 Å². The summed E-state index contributed by atoms with van der Waals surface area (Å²) >= 11 is 4.87. The van der Waals surface area contributed by atoms with Crippen LogP contribution in [-0.4, -0.2) is 16.9 Å². The van der Waals surface area contributed by atoms with Crippen molar-refractivity contribution in [2.45, 2.75) is 39.2 Å². The quantitative estimate of drug-likeness (QED) is 0.776. The molecule has 0 saturated carbocycles. The maximum Gasteiger partial charge on any atom is 0.251 e. The molecular weight excluding hydrogens is 244 g/mol. The molecule has 0 aliphatic rings. The van der Waals surface area contributed by atoms with Crippen molar-refractivity contribution in [2.24, 2.45) is 5.73 Å². The fraction of sp³-hybridized carbons (Fsp3) is 0.429. The lowest BCUT2D eigenvalue weighted by Crippen LogP contribution is -2.37. The van der Waals surface area contributed by atoms with Crippen molar-refractivity contribution in [1.82, 2.24) is 5.32 Å². The van der Waals surface area contributed by atoms with E-state index in [9.17, 15) is 4.79 Å². The fourth-order valence-electron chi connectivity index (χ4n) is 1.70. The second-order valence-corrected chi connectivity index (χ2v) is 4.82. The van der Waals surface area contributed by atoms with E-state index in [4.69, 9.17) is 18.0 Å². The van der Waals surface area contributed by atoms with E-state index in [2.05, 4.69) is 12.2 Å². The zero-order chi connectivity index (χ0) is 13.5. The number of carbonyl (C=O) groups is 1. The number of thiocarbonyl (C=S) groups is 1. The van der Waals surface area contributed by atoms with Gasteiger partial charge in [-0.15, -0.1) is 0 Å². The maximum atomic E-state index is 12.0. The Labute approximate surface area is 114 Å². The smallest absolute Gasteiger partial charge is 0.251 e. The number of aryl methyl sites for hydroxylation is 1. The number of hydrogen-bond acceptors (Lipinski definition) is 2. The third-order valence-corrected chi connectivity index (χ3v) is 3.07. The molecule has 0 aliphatic carbocycles. The predicted octanol–water partition coefficient (Wildman–Crippen LogP) is 2.43. The standard InChI is InChI=1S/C14H20N2OS/c1-3-10-5-7-11(8-6-10)14(17)16-12(4-2)9-13(15)18/h5-8,12H,3-4,9H2,1-2H3,(H2,15,18)(H,16,17). The summed E-state index contributed by atoms with van der Waals surface area (Å²) in [6.45, 7) is 4.09. The molecule has 0 heterocycles. The molecule has 1 amide bonds. The second-order valence-electron chi connectivity index (χ2n) is 4.30. The van der Waals surface area contributed by atoms with Crippen molar-refractivity contribution in [1.29, 1.82) is 0 Å². The van der Waals surface area contributed by atoms with Gasteiger partial charge in [-0.05, 0) is 30.5 Å². The first kappa shape index (κ1) is 14.6. The Morgan fingerprint density at radius 2 is 1.94 bits per heavy atom. The van der Waals surface area contributed by atoms with Crippen molar-refractivity contribution in [2.75, 3.05) is 0 Å². The molecule has 1 rings (SSSR count). The molecule has 0 radical (unpaired) electrons. The summed E-state index contributed by atoms with van der Waals surface area (Å²) in [6, 6.07) is 7.66. The Bertz CT molecular complexity index is 414. The number of hydrogen-bond donors (Lipinski definition) is 2. The molecule has 0 bridgehead atoms. The Morgan fingerprint density at radius 1 is 1.33 bits per heavy atom. The van der Waals surface area contributed by atoms with E-state index in [0.29, 0.717) is 17.0 Å². The van der Waals surface area contributed by atoms with Gasteiger partial charge in [0.25, 0.3) is 5.91 Å². The molecule has 0 fully saturated rings. The lowest BCUT2D eigenvalue weighted by atomic mass is 10.1. The van der Waals surface area contributed by atoms with Crippen molar-refractivity contribution < 1.29 is 4.79 Å². The molecule has 0 aliphatic heterocycles. The molecule has 3 nitrogen and oxygen atoms in total. The normalized spacial score (nSPS) is 11.9. The van der Waals surface area contributed by atoms with Crippen LogP contribution in [0.25, 0.3) is 0 Å². The molecule has 1 aromatic rings. The van der Waals surface area contributed by atoms with Crippen LogP contribution in [-0.2, 0) is 6.42 Å². The number of rotatable bonds is 6. The summed E-state index contributed by atoms with van der Waals surface area (Å²) in [5.41, 5.74) is 7.40. The molecule has 0 spiro atoms. The van der Waals surface area contributed by atoms with Gasteiger partial charge in [-0.25, -0.2) is 0 Å². The van der Waals surface area contributed by atoms with Crippen LogP contribution < -0.4 is 11.1 Å². The van der Waals surface area contributed by atoms with E-state index in [1.165, 1.54) is 5.56 Å². The van der Waals surface area contributed by atoms with Crippen LogP contribution in [0, 0.1) is 0 Å². The van der Waals surface area contributed by atoms with Crippen LogP contribution >= 0.6 is 12.2 Å². The number of carbonyl (C=O) groups excluding carboxylic acids is 1. The van der Waals surface area contributed by atoms with Crippen LogP contribution in [0.2, 0.25) is 0 Å². The summed E-state index contributed by atoms with van der Waals surface area (Å²) < 4.78 is 0. The van der Waals surface area contributed by atoms with Gasteiger partial charge in [-0.3, -0.25) is 4.79 Å². The lowest BCUT2D eigenvalue weighted by Gasteiger charge is -2.16. The van der Waals surface area contributed by atoms with Crippen LogP contribution in [0.1, 0.15) is 42.6 Å². The maximum absolute atomic E-state index is 12.0. The number of amides is 1. The van der Waals surface area contributed by atoms with Crippen LogP contribution in [0.15, 0.2) is 24.3 Å². The molecule has 1 atom stereocenters. The van der Waals surface area contributed by atoms with E-state index in [0.717, 1.165) is 12.8 Å². The highest BCUT2D eigenvalue weighted by atomic mass is 32.1. The molecular formula is C14H20N2OS. The van der Waals surface area contributed by atoms with Crippen molar-refractivity contribution in [3.63, 3.8) is 0 Å². The highest BCUT2D eigenvalue weighted by Crippen LogP contribution is 2.06. The van der Waals surface area contributed by atoms with E-state index in [1.807, 2.05) is 31.2 Å². The number of benzene rings is 1. The Hall–Kier alpha value is -1.42. The lowest BCUT2D eigenvalue weighted by molar-refractivity contribution is 0.0937. The summed E-state index contributed by atoms with van der Waals surface area (Å²) in [7, 11) is 0. The third kappa shape index (κ3) is 4.45. The first-order valence-electron chi connectivity index (χ1n) is 6.24.